The number of fused-ring (bicyclic) bond motifs is 1. The molecule has 0 fully saturated rings. The Bertz CT molecular complexity index is 884. The van der Waals surface area contributed by atoms with Crippen LogP contribution in [0.4, 0.5) is 13.2 Å². The van der Waals surface area contributed by atoms with Gasteiger partial charge in [0.15, 0.2) is 11.6 Å². The van der Waals surface area contributed by atoms with E-state index in [0.29, 0.717) is 11.5 Å². The van der Waals surface area contributed by atoms with E-state index < -0.39 is 23.4 Å². The van der Waals surface area contributed by atoms with Gasteiger partial charge in [0.2, 0.25) is 5.76 Å². The molecular weight excluding hydrogens is 297 g/mol. The Kier molecular flexibility index (Phi) is 3.36. The number of para-hydroxylation sites is 1. The fraction of sp³-hybridized carbons (Fsp3) is 0.0625. The van der Waals surface area contributed by atoms with Crippen molar-refractivity contribution in [2.24, 2.45) is 0 Å². The summed E-state index contributed by atoms with van der Waals surface area (Å²) in [5.41, 5.74) is 0.00391. The Labute approximate surface area is 122 Å². The predicted octanol–water partition coefficient (Wildman–Crippen LogP) is 4.30. The molecule has 6 heteroatoms. The number of rotatable bonds is 2. The molecule has 0 amide bonds. The second-order valence-electron chi connectivity index (χ2n) is 4.58. The quantitative estimate of drug-likeness (QED) is 0.523. The van der Waals surface area contributed by atoms with E-state index in [0.717, 1.165) is 6.07 Å². The lowest BCUT2D eigenvalue weighted by Crippen LogP contribution is -1.98. The number of carbonyl (C=O) groups excluding carboxylic acids is 1. The van der Waals surface area contributed by atoms with Crippen LogP contribution >= 0.6 is 0 Å². The molecule has 3 nitrogen and oxygen atoms in total. The Morgan fingerprint density at radius 2 is 1.86 bits per heavy atom. The zero-order chi connectivity index (χ0) is 15.9. The molecule has 0 aliphatic carbocycles. The van der Waals surface area contributed by atoms with E-state index >= 15 is 0 Å². The molecule has 1 heterocycles. The monoisotopic (exact) mass is 306 g/mol. The smallest absolute Gasteiger partial charge is 0.373 e. The Balaban J connectivity index is 2.28. The fourth-order valence-electron chi connectivity index (χ4n) is 2.23. The van der Waals surface area contributed by atoms with Crippen LogP contribution in [-0.2, 0) is 4.74 Å². The molecule has 0 bridgehead atoms. The van der Waals surface area contributed by atoms with Gasteiger partial charge in [0.25, 0.3) is 0 Å². The number of hydrogen-bond donors (Lipinski definition) is 0. The normalized spacial score (nSPS) is 10.9. The number of esters is 1. The zero-order valence-electron chi connectivity index (χ0n) is 11.3. The van der Waals surface area contributed by atoms with Crippen molar-refractivity contribution in [3.8, 4) is 11.1 Å². The highest BCUT2D eigenvalue weighted by atomic mass is 19.2. The second kappa shape index (κ2) is 5.22. The molecule has 0 N–H and O–H groups in total. The van der Waals surface area contributed by atoms with Crippen molar-refractivity contribution in [1.29, 1.82) is 0 Å². The van der Waals surface area contributed by atoms with Crippen molar-refractivity contribution in [3.05, 3.63) is 59.6 Å². The summed E-state index contributed by atoms with van der Waals surface area (Å²) in [6.45, 7) is 0. The summed E-state index contributed by atoms with van der Waals surface area (Å²) in [6.07, 6.45) is 0. The number of carbonyl (C=O) groups is 1. The van der Waals surface area contributed by atoms with Gasteiger partial charge in [-0.15, -0.1) is 0 Å². The Hall–Kier alpha value is -2.76. The molecule has 0 aliphatic rings. The molecule has 3 rings (SSSR count). The van der Waals surface area contributed by atoms with Crippen LogP contribution in [0.2, 0.25) is 0 Å². The van der Waals surface area contributed by atoms with Gasteiger partial charge in [-0.1, -0.05) is 18.2 Å². The maximum absolute atomic E-state index is 14.0. The van der Waals surface area contributed by atoms with E-state index in [9.17, 15) is 18.0 Å². The van der Waals surface area contributed by atoms with E-state index in [1.165, 1.54) is 19.2 Å². The summed E-state index contributed by atoms with van der Waals surface area (Å²) in [4.78, 5) is 11.5. The van der Waals surface area contributed by atoms with Crippen LogP contribution in [0.25, 0.3) is 22.1 Å². The molecule has 3 aromatic rings. The maximum atomic E-state index is 14.0. The highest BCUT2D eigenvalue weighted by molar-refractivity contribution is 5.98. The predicted molar refractivity (Wildman–Crippen MR) is 72.9 cm³/mol. The van der Waals surface area contributed by atoms with E-state index in [-0.39, 0.29) is 22.5 Å². The molecule has 1 aromatic heterocycles. The maximum Gasteiger partial charge on any atom is 0.373 e. The highest BCUT2D eigenvalue weighted by Gasteiger charge is 2.19. The first-order valence-electron chi connectivity index (χ1n) is 6.27. The zero-order valence-corrected chi connectivity index (χ0v) is 11.3. The summed E-state index contributed by atoms with van der Waals surface area (Å²) in [5.74, 6) is -4.18. The number of halogens is 3. The van der Waals surface area contributed by atoms with Crippen molar-refractivity contribution in [2.75, 3.05) is 7.11 Å². The summed E-state index contributed by atoms with van der Waals surface area (Å²) in [7, 11) is 1.19. The molecule has 0 saturated carbocycles. The van der Waals surface area contributed by atoms with Crippen LogP contribution in [0.5, 0.6) is 0 Å². The van der Waals surface area contributed by atoms with Gasteiger partial charge in [-0.3, -0.25) is 0 Å². The number of methoxy groups -OCH3 is 1. The molecule has 112 valence electrons. The number of hydrogen-bond acceptors (Lipinski definition) is 3. The molecule has 0 atom stereocenters. The van der Waals surface area contributed by atoms with Gasteiger partial charge >= 0.3 is 5.97 Å². The van der Waals surface area contributed by atoms with Crippen molar-refractivity contribution < 1.29 is 27.1 Å². The lowest BCUT2D eigenvalue weighted by Gasteiger charge is -2.05. The van der Waals surface area contributed by atoms with Crippen molar-refractivity contribution in [2.45, 2.75) is 0 Å². The molecule has 22 heavy (non-hydrogen) atoms. The minimum atomic E-state index is -1.30. The van der Waals surface area contributed by atoms with Crippen LogP contribution in [-0.4, -0.2) is 13.1 Å². The minimum absolute atomic E-state index is 0.0813. The summed E-state index contributed by atoms with van der Waals surface area (Å²) >= 11 is 0. The Morgan fingerprint density at radius 3 is 2.59 bits per heavy atom. The second-order valence-corrected chi connectivity index (χ2v) is 4.58. The highest BCUT2D eigenvalue weighted by Crippen LogP contribution is 2.33. The Morgan fingerprint density at radius 1 is 1.09 bits per heavy atom. The minimum Gasteiger partial charge on any atom is -0.463 e. The third kappa shape index (κ3) is 2.22. The molecule has 0 spiro atoms. The third-order valence-electron chi connectivity index (χ3n) is 3.21. The average Bonchev–Trinajstić information content (AvgIpc) is 2.94. The number of ether oxygens (including phenoxy) is 1. The van der Waals surface area contributed by atoms with Crippen molar-refractivity contribution >= 4 is 16.9 Å². The topological polar surface area (TPSA) is 39.4 Å². The SMILES string of the molecule is COC(=O)c1cc2cccc(-c3cc(F)cc(F)c3F)c2o1. The van der Waals surface area contributed by atoms with E-state index in [2.05, 4.69) is 4.74 Å². The van der Waals surface area contributed by atoms with Gasteiger partial charge in [-0.05, 0) is 12.1 Å². The molecular formula is C16H9F3O3. The first-order chi connectivity index (χ1) is 10.5. The van der Waals surface area contributed by atoms with Gasteiger partial charge in [0.05, 0.1) is 7.11 Å². The molecule has 2 aromatic carbocycles. The third-order valence-corrected chi connectivity index (χ3v) is 3.21. The van der Waals surface area contributed by atoms with Crippen LogP contribution in [0, 0.1) is 17.5 Å². The summed E-state index contributed by atoms with van der Waals surface area (Å²) in [5, 5.41) is 0.488. The molecule has 0 aliphatic heterocycles. The van der Waals surface area contributed by atoms with Gasteiger partial charge in [0, 0.05) is 22.6 Å². The number of benzene rings is 2. The van der Waals surface area contributed by atoms with Crippen LogP contribution in [0.3, 0.4) is 0 Å². The fourth-order valence-corrected chi connectivity index (χ4v) is 2.23. The van der Waals surface area contributed by atoms with E-state index in [4.69, 9.17) is 4.42 Å². The number of furan rings is 1. The molecule has 0 saturated heterocycles. The van der Waals surface area contributed by atoms with Crippen LogP contribution in [0.15, 0.2) is 40.8 Å². The first-order valence-corrected chi connectivity index (χ1v) is 6.27. The largest absolute Gasteiger partial charge is 0.463 e. The lowest BCUT2D eigenvalue weighted by atomic mass is 10.0. The van der Waals surface area contributed by atoms with Crippen molar-refractivity contribution in [1.82, 2.24) is 0 Å². The van der Waals surface area contributed by atoms with Crippen molar-refractivity contribution in [3.63, 3.8) is 0 Å². The summed E-state index contributed by atoms with van der Waals surface area (Å²) in [6, 6.07) is 7.38. The van der Waals surface area contributed by atoms with Crippen LogP contribution in [0.1, 0.15) is 10.6 Å². The van der Waals surface area contributed by atoms with Crippen LogP contribution < -0.4 is 0 Å². The van der Waals surface area contributed by atoms with Gasteiger partial charge in [0.1, 0.15) is 11.4 Å². The van der Waals surface area contributed by atoms with E-state index in [1.54, 1.807) is 12.1 Å². The van der Waals surface area contributed by atoms with E-state index in [1.807, 2.05) is 0 Å². The molecule has 0 radical (unpaired) electrons. The van der Waals surface area contributed by atoms with Gasteiger partial charge in [-0.2, -0.15) is 0 Å². The van der Waals surface area contributed by atoms with Gasteiger partial charge in [-0.25, -0.2) is 18.0 Å². The summed E-state index contributed by atoms with van der Waals surface area (Å²) < 4.78 is 50.6. The first kappa shape index (κ1) is 14.2. The van der Waals surface area contributed by atoms with Gasteiger partial charge < -0.3 is 9.15 Å². The molecule has 0 unspecified atom stereocenters. The lowest BCUT2D eigenvalue weighted by molar-refractivity contribution is 0.0568. The standard InChI is InChI=1S/C16H9F3O3/c1-21-16(20)13-5-8-3-2-4-10(15(8)22-13)11-6-9(17)7-12(18)14(11)19/h2-7H,1H3. The average molecular weight is 306 g/mol.